The molecule has 0 unspecified atom stereocenters. The third kappa shape index (κ3) is 3.26. The molecule has 0 fully saturated rings. The molecule has 0 amide bonds. The third-order valence-electron chi connectivity index (χ3n) is 3.45. The lowest BCUT2D eigenvalue weighted by molar-refractivity contribution is 0.394. The Morgan fingerprint density at radius 2 is 2.00 bits per heavy atom. The summed E-state index contributed by atoms with van der Waals surface area (Å²) < 4.78 is 10.5. The summed E-state index contributed by atoms with van der Waals surface area (Å²) in [5.41, 5.74) is 6.79. The number of rotatable bonds is 5. The standard InChI is InChI=1S/C17H18N4O2/c1-11-4-7-14-15(8-11)20-17(19-14)21-18-10-12-5-6-13(22-2)9-16(12)23-3/h4-10H,1-3H3,(H2,19,20,21)/b18-10-. The van der Waals surface area contributed by atoms with Gasteiger partial charge in [-0.2, -0.15) is 5.10 Å². The molecule has 0 aliphatic heterocycles. The van der Waals surface area contributed by atoms with Gasteiger partial charge in [-0.1, -0.05) is 6.07 Å². The van der Waals surface area contributed by atoms with Gasteiger partial charge in [0.15, 0.2) is 0 Å². The van der Waals surface area contributed by atoms with Gasteiger partial charge in [0.2, 0.25) is 5.95 Å². The second-order valence-electron chi connectivity index (χ2n) is 5.08. The summed E-state index contributed by atoms with van der Waals surface area (Å²) in [5.74, 6) is 2.02. The van der Waals surface area contributed by atoms with E-state index in [1.165, 1.54) is 5.56 Å². The minimum absolute atomic E-state index is 0.592. The van der Waals surface area contributed by atoms with E-state index < -0.39 is 0 Å². The molecule has 0 atom stereocenters. The molecule has 2 N–H and O–H groups in total. The van der Waals surface area contributed by atoms with Gasteiger partial charge in [0.25, 0.3) is 0 Å². The summed E-state index contributed by atoms with van der Waals surface area (Å²) in [4.78, 5) is 7.61. The zero-order valence-electron chi connectivity index (χ0n) is 13.3. The first-order valence-corrected chi connectivity index (χ1v) is 7.17. The molecular weight excluding hydrogens is 292 g/mol. The van der Waals surface area contributed by atoms with Crippen molar-refractivity contribution in [3.63, 3.8) is 0 Å². The van der Waals surface area contributed by atoms with Gasteiger partial charge in [-0.05, 0) is 36.8 Å². The second-order valence-corrected chi connectivity index (χ2v) is 5.08. The molecule has 6 heteroatoms. The quantitative estimate of drug-likeness (QED) is 0.560. The van der Waals surface area contributed by atoms with Gasteiger partial charge >= 0.3 is 0 Å². The van der Waals surface area contributed by atoms with Crippen LogP contribution in [0.4, 0.5) is 5.95 Å². The lowest BCUT2D eigenvalue weighted by Crippen LogP contribution is -1.95. The molecule has 0 saturated carbocycles. The normalized spacial score (nSPS) is 11.1. The van der Waals surface area contributed by atoms with Gasteiger partial charge in [-0.15, -0.1) is 0 Å². The van der Waals surface area contributed by atoms with Crippen LogP contribution in [-0.4, -0.2) is 30.4 Å². The number of aryl methyl sites for hydroxylation is 1. The van der Waals surface area contributed by atoms with Crippen LogP contribution in [0.2, 0.25) is 0 Å². The average molecular weight is 310 g/mol. The molecule has 2 aromatic carbocycles. The highest BCUT2D eigenvalue weighted by Gasteiger charge is 2.04. The van der Waals surface area contributed by atoms with Crippen molar-refractivity contribution in [1.82, 2.24) is 9.97 Å². The number of fused-ring (bicyclic) bond motifs is 1. The average Bonchev–Trinajstić information content (AvgIpc) is 2.96. The Hall–Kier alpha value is -3.02. The molecule has 0 radical (unpaired) electrons. The molecule has 0 saturated heterocycles. The van der Waals surface area contributed by atoms with Crippen molar-refractivity contribution in [1.29, 1.82) is 0 Å². The van der Waals surface area contributed by atoms with Crippen LogP contribution in [0.25, 0.3) is 11.0 Å². The summed E-state index contributed by atoms with van der Waals surface area (Å²) >= 11 is 0. The molecule has 0 bridgehead atoms. The van der Waals surface area contributed by atoms with Crippen molar-refractivity contribution in [3.05, 3.63) is 47.5 Å². The second kappa shape index (κ2) is 6.39. The van der Waals surface area contributed by atoms with Crippen LogP contribution in [0.1, 0.15) is 11.1 Å². The van der Waals surface area contributed by atoms with E-state index in [0.717, 1.165) is 22.3 Å². The van der Waals surface area contributed by atoms with Crippen LogP contribution < -0.4 is 14.9 Å². The fourth-order valence-corrected chi connectivity index (χ4v) is 2.26. The Kier molecular flexibility index (Phi) is 4.14. The zero-order chi connectivity index (χ0) is 16.2. The molecule has 0 aliphatic carbocycles. The molecule has 3 aromatic rings. The van der Waals surface area contributed by atoms with Crippen LogP contribution in [0.15, 0.2) is 41.5 Å². The van der Waals surface area contributed by atoms with Crippen LogP contribution in [0, 0.1) is 6.92 Å². The van der Waals surface area contributed by atoms with Crippen LogP contribution in [0.3, 0.4) is 0 Å². The van der Waals surface area contributed by atoms with Gasteiger partial charge in [0, 0.05) is 11.6 Å². The smallest absolute Gasteiger partial charge is 0.222 e. The maximum absolute atomic E-state index is 5.33. The predicted octanol–water partition coefficient (Wildman–Crippen LogP) is 3.33. The van der Waals surface area contributed by atoms with Crippen molar-refractivity contribution in [2.75, 3.05) is 19.6 Å². The fraction of sp³-hybridized carbons (Fsp3) is 0.176. The van der Waals surface area contributed by atoms with Crippen molar-refractivity contribution in [3.8, 4) is 11.5 Å². The van der Waals surface area contributed by atoms with E-state index in [-0.39, 0.29) is 0 Å². The molecule has 0 aliphatic rings. The number of nitrogens with zero attached hydrogens (tertiary/aromatic N) is 2. The van der Waals surface area contributed by atoms with Gasteiger partial charge < -0.3 is 14.5 Å². The van der Waals surface area contributed by atoms with Crippen LogP contribution in [-0.2, 0) is 0 Å². The number of nitrogens with one attached hydrogen (secondary N) is 2. The number of aromatic amines is 1. The number of hydrogen-bond donors (Lipinski definition) is 2. The lowest BCUT2D eigenvalue weighted by Gasteiger charge is -2.06. The van der Waals surface area contributed by atoms with Crippen molar-refractivity contribution in [2.45, 2.75) is 6.92 Å². The highest BCUT2D eigenvalue weighted by atomic mass is 16.5. The SMILES string of the molecule is COc1ccc(/C=N\Nc2nc3ccc(C)cc3[nH]2)c(OC)c1. The van der Waals surface area contributed by atoms with Crippen LogP contribution >= 0.6 is 0 Å². The summed E-state index contributed by atoms with van der Waals surface area (Å²) in [7, 11) is 3.23. The minimum atomic E-state index is 0.592. The Morgan fingerprint density at radius 1 is 1.13 bits per heavy atom. The summed E-state index contributed by atoms with van der Waals surface area (Å²) in [6, 6.07) is 11.6. The van der Waals surface area contributed by atoms with E-state index in [1.54, 1.807) is 20.4 Å². The van der Waals surface area contributed by atoms with E-state index in [4.69, 9.17) is 9.47 Å². The van der Waals surface area contributed by atoms with E-state index in [1.807, 2.05) is 43.3 Å². The number of H-pyrrole nitrogens is 1. The topological polar surface area (TPSA) is 71.5 Å². The number of ether oxygens (including phenoxy) is 2. The molecule has 1 heterocycles. The van der Waals surface area contributed by atoms with Gasteiger partial charge in [-0.3, -0.25) is 0 Å². The maximum atomic E-state index is 5.33. The third-order valence-corrected chi connectivity index (χ3v) is 3.45. The molecule has 23 heavy (non-hydrogen) atoms. The molecule has 1 aromatic heterocycles. The number of anilines is 1. The van der Waals surface area contributed by atoms with E-state index in [0.29, 0.717) is 11.7 Å². The van der Waals surface area contributed by atoms with E-state index in [2.05, 4.69) is 20.5 Å². The summed E-state index contributed by atoms with van der Waals surface area (Å²) in [6.07, 6.45) is 1.68. The number of imidazole rings is 1. The Morgan fingerprint density at radius 3 is 2.78 bits per heavy atom. The number of hydrazone groups is 1. The van der Waals surface area contributed by atoms with Crippen molar-refractivity contribution >= 4 is 23.2 Å². The number of aromatic nitrogens is 2. The summed E-state index contributed by atoms with van der Waals surface area (Å²) in [5, 5.41) is 4.20. The summed E-state index contributed by atoms with van der Waals surface area (Å²) in [6.45, 7) is 2.04. The molecule has 6 nitrogen and oxygen atoms in total. The number of benzene rings is 2. The highest BCUT2D eigenvalue weighted by Crippen LogP contribution is 2.23. The van der Waals surface area contributed by atoms with E-state index >= 15 is 0 Å². The maximum Gasteiger partial charge on any atom is 0.222 e. The van der Waals surface area contributed by atoms with Crippen molar-refractivity contribution < 1.29 is 9.47 Å². The van der Waals surface area contributed by atoms with Crippen molar-refractivity contribution in [2.24, 2.45) is 5.10 Å². The van der Waals surface area contributed by atoms with Gasteiger partial charge in [0.1, 0.15) is 11.5 Å². The predicted molar refractivity (Wildman–Crippen MR) is 91.6 cm³/mol. The molecule has 118 valence electrons. The lowest BCUT2D eigenvalue weighted by atomic mass is 10.2. The first-order valence-electron chi connectivity index (χ1n) is 7.17. The fourth-order valence-electron chi connectivity index (χ4n) is 2.26. The minimum Gasteiger partial charge on any atom is -0.497 e. The van der Waals surface area contributed by atoms with Gasteiger partial charge in [0.05, 0.1) is 31.5 Å². The zero-order valence-corrected chi connectivity index (χ0v) is 13.3. The monoisotopic (exact) mass is 310 g/mol. The first kappa shape index (κ1) is 14.9. The number of methoxy groups -OCH3 is 2. The molecule has 3 rings (SSSR count). The Labute approximate surface area is 134 Å². The highest BCUT2D eigenvalue weighted by molar-refractivity contribution is 5.84. The van der Waals surface area contributed by atoms with Gasteiger partial charge in [-0.25, -0.2) is 10.4 Å². The molecule has 0 spiro atoms. The largest absolute Gasteiger partial charge is 0.497 e. The molecular formula is C17H18N4O2. The number of hydrogen-bond acceptors (Lipinski definition) is 5. The Bertz CT molecular complexity index is 855. The van der Waals surface area contributed by atoms with E-state index in [9.17, 15) is 0 Å². The van der Waals surface area contributed by atoms with Crippen LogP contribution in [0.5, 0.6) is 11.5 Å². The first-order chi connectivity index (χ1) is 11.2. The Balaban J connectivity index is 1.77.